The molecule has 0 atom stereocenters. The van der Waals surface area contributed by atoms with E-state index in [1.165, 1.54) is 0 Å². The van der Waals surface area contributed by atoms with Crippen molar-refractivity contribution in [3.63, 3.8) is 0 Å². The molecule has 0 bridgehead atoms. The topological polar surface area (TPSA) is 101 Å². The van der Waals surface area contributed by atoms with E-state index in [0.29, 0.717) is 5.92 Å². The van der Waals surface area contributed by atoms with Crippen LogP contribution < -0.4 is 17.0 Å². The highest BCUT2D eigenvalue weighted by atomic mass is 32.2. The molecule has 0 saturated carbocycles. The lowest BCUT2D eigenvalue weighted by atomic mass is 10.1. The van der Waals surface area contributed by atoms with Gasteiger partial charge in [0.25, 0.3) is 0 Å². The largest absolute Gasteiger partial charge is 0.477 e. The van der Waals surface area contributed by atoms with Crippen LogP contribution >= 0.6 is 11.8 Å². The average molecular weight is 305 g/mol. The number of benzene rings is 1. The molecule has 21 heavy (non-hydrogen) atoms. The molecule has 6 N–H and O–H groups in total. The Balaban J connectivity index is 2.92. The Morgan fingerprint density at radius 1 is 1.48 bits per heavy atom. The minimum Gasteiger partial charge on any atom is -0.477 e. The van der Waals surface area contributed by atoms with E-state index in [0.717, 1.165) is 28.6 Å². The number of carbonyl (C=O) groups is 1. The minimum atomic E-state index is -1.22. The van der Waals surface area contributed by atoms with E-state index >= 15 is 0 Å². The van der Waals surface area contributed by atoms with Gasteiger partial charge in [-0.3, -0.25) is 0 Å². The van der Waals surface area contributed by atoms with Gasteiger partial charge in [-0.25, -0.2) is 10.6 Å². The Bertz CT molecular complexity index is 600. The van der Waals surface area contributed by atoms with Crippen molar-refractivity contribution in [2.75, 3.05) is 0 Å². The molecular formula is C15H19N3O2S. The first-order chi connectivity index (χ1) is 9.93. The smallest absolute Gasteiger partial charge is 0.354 e. The van der Waals surface area contributed by atoms with E-state index in [9.17, 15) is 4.79 Å². The summed E-state index contributed by atoms with van der Waals surface area (Å²) < 4.78 is 0. The Hall–Kier alpha value is -2.10. The maximum absolute atomic E-state index is 10.8. The van der Waals surface area contributed by atoms with Gasteiger partial charge in [-0.1, -0.05) is 43.5 Å². The maximum atomic E-state index is 10.8. The zero-order chi connectivity index (χ0) is 15.8. The zero-order valence-corrected chi connectivity index (χ0v) is 12.8. The number of hydrazine groups is 1. The Morgan fingerprint density at radius 2 is 2.19 bits per heavy atom. The van der Waals surface area contributed by atoms with Crippen LogP contribution in [0.25, 0.3) is 0 Å². The molecule has 0 unspecified atom stereocenters. The van der Waals surface area contributed by atoms with Crippen LogP contribution in [0.2, 0.25) is 0 Å². The van der Waals surface area contributed by atoms with E-state index in [1.807, 2.05) is 24.3 Å². The number of aliphatic carboxylic acids is 1. The molecule has 0 aliphatic carbocycles. The fourth-order valence-corrected chi connectivity index (χ4v) is 2.20. The van der Waals surface area contributed by atoms with E-state index in [4.69, 9.17) is 16.7 Å². The summed E-state index contributed by atoms with van der Waals surface area (Å²) in [7, 11) is 0. The second kappa shape index (κ2) is 8.25. The molecule has 0 heterocycles. The number of rotatable bonds is 5. The summed E-state index contributed by atoms with van der Waals surface area (Å²) in [4.78, 5) is 11.7. The lowest BCUT2D eigenvalue weighted by molar-refractivity contribution is -0.132. The Labute approximate surface area is 128 Å². The molecule has 0 aliphatic heterocycles. The van der Waals surface area contributed by atoms with Crippen molar-refractivity contribution < 1.29 is 9.90 Å². The second-order valence-electron chi connectivity index (χ2n) is 4.72. The third-order valence-electron chi connectivity index (χ3n) is 2.40. The monoisotopic (exact) mass is 305 g/mol. The van der Waals surface area contributed by atoms with Gasteiger partial charge in [0, 0.05) is 16.9 Å². The van der Waals surface area contributed by atoms with E-state index in [-0.39, 0.29) is 10.7 Å². The van der Waals surface area contributed by atoms with Gasteiger partial charge in [0.2, 0.25) is 0 Å². The van der Waals surface area contributed by atoms with Crippen LogP contribution in [0, 0.1) is 17.8 Å². The van der Waals surface area contributed by atoms with Crippen LogP contribution in [-0.4, -0.2) is 11.1 Å². The molecule has 0 aliphatic rings. The van der Waals surface area contributed by atoms with Crippen LogP contribution in [0.15, 0.2) is 39.9 Å². The average Bonchev–Trinajstić information content (AvgIpc) is 2.44. The summed E-state index contributed by atoms with van der Waals surface area (Å²) in [5.74, 6) is 10.8. The highest BCUT2D eigenvalue weighted by Crippen LogP contribution is 2.26. The number of thioether (sulfide) groups is 1. The third kappa shape index (κ3) is 5.81. The second-order valence-corrected chi connectivity index (χ2v) is 5.81. The van der Waals surface area contributed by atoms with Crippen LogP contribution in [0.3, 0.4) is 0 Å². The molecule has 1 aromatic carbocycles. The summed E-state index contributed by atoms with van der Waals surface area (Å²) in [6, 6.07) is 7.46. The van der Waals surface area contributed by atoms with Gasteiger partial charge in [0.15, 0.2) is 0 Å². The Kier molecular flexibility index (Phi) is 6.66. The van der Waals surface area contributed by atoms with Crippen molar-refractivity contribution in [3.8, 4) is 11.8 Å². The quantitative estimate of drug-likeness (QED) is 0.218. The van der Waals surface area contributed by atoms with E-state index in [2.05, 4.69) is 31.1 Å². The fraction of sp³-hybridized carbons (Fsp3) is 0.267. The van der Waals surface area contributed by atoms with Gasteiger partial charge in [0.1, 0.15) is 10.7 Å². The van der Waals surface area contributed by atoms with Gasteiger partial charge in [-0.05, 0) is 24.1 Å². The van der Waals surface area contributed by atoms with E-state index < -0.39 is 5.97 Å². The number of hydrogen-bond donors (Lipinski definition) is 4. The molecule has 0 aromatic heterocycles. The standard InChI is InChI=1S/C15H19N3O2S/c1-10(2)5-3-6-11-7-4-8-12(9-11)21-14(18-17)13(16)15(19)20/h4,7-10,18H,5,16-17H2,1-2H3,(H,19,20)/b14-13+. The maximum Gasteiger partial charge on any atom is 0.354 e. The van der Waals surface area contributed by atoms with Crippen LogP contribution in [0.1, 0.15) is 25.8 Å². The van der Waals surface area contributed by atoms with Crippen LogP contribution in [-0.2, 0) is 4.79 Å². The van der Waals surface area contributed by atoms with Crippen molar-refractivity contribution in [2.45, 2.75) is 25.2 Å². The molecular weight excluding hydrogens is 286 g/mol. The summed E-state index contributed by atoms with van der Waals surface area (Å²) in [6.07, 6.45) is 0.832. The molecule has 1 rings (SSSR count). The van der Waals surface area contributed by atoms with Crippen LogP contribution in [0.4, 0.5) is 0 Å². The lowest BCUT2D eigenvalue weighted by Crippen LogP contribution is -2.26. The number of carboxylic acids is 1. The van der Waals surface area contributed by atoms with Gasteiger partial charge in [-0.2, -0.15) is 0 Å². The molecule has 0 fully saturated rings. The van der Waals surface area contributed by atoms with Gasteiger partial charge in [0.05, 0.1) is 0 Å². The fourth-order valence-electron chi connectivity index (χ4n) is 1.37. The van der Waals surface area contributed by atoms with Gasteiger partial charge in [-0.15, -0.1) is 0 Å². The molecule has 1 aromatic rings. The summed E-state index contributed by atoms with van der Waals surface area (Å²) in [5.41, 5.74) is 8.32. The van der Waals surface area contributed by atoms with Crippen molar-refractivity contribution in [1.82, 2.24) is 5.43 Å². The Morgan fingerprint density at radius 3 is 2.76 bits per heavy atom. The normalized spacial score (nSPS) is 11.4. The summed E-state index contributed by atoms with van der Waals surface area (Å²) >= 11 is 1.15. The SMILES string of the molecule is CC(C)CC#Cc1cccc(S/C(NN)=C(/N)C(=O)O)c1. The highest BCUT2D eigenvalue weighted by Gasteiger charge is 2.11. The first-order valence-electron chi connectivity index (χ1n) is 6.40. The minimum absolute atomic E-state index is 0.190. The van der Waals surface area contributed by atoms with Crippen molar-refractivity contribution in [2.24, 2.45) is 17.5 Å². The molecule has 6 heteroatoms. The van der Waals surface area contributed by atoms with Crippen molar-refractivity contribution in [1.29, 1.82) is 0 Å². The molecule has 0 radical (unpaired) electrons. The molecule has 0 spiro atoms. The van der Waals surface area contributed by atoms with E-state index in [1.54, 1.807) is 0 Å². The predicted molar refractivity (Wildman–Crippen MR) is 84.8 cm³/mol. The molecule has 0 saturated heterocycles. The summed E-state index contributed by atoms with van der Waals surface area (Å²) in [6.45, 7) is 4.22. The van der Waals surface area contributed by atoms with Crippen molar-refractivity contribution in [3.05, 3.63) is 40.6 Å². The third-order valence-corrected chi connectivity index (χ3v) is 3.43. The lowest BCUT2D eigenvalue weighted by Gasteiger charge is -2.08. The van der Waals surface area contributed by atoms with Crippen LogP contribution in [0.5, 0.6) is 0 Å². The summed E-state index contributed by atoms with van der Waals surface area (Å²) in [5, 5.41) is 9.06. The highest BCUT2D eigenvalue weighted by molar-refractivity contribution is 8.03. The number of carboxylic acid groups (broad SMARTS) is 1. The molecule has 0 amide bonds. The van der Waals surface area contributed by atoms with Gasteiger partial charge >= 0.3 is 5.97 Å². The first-order valence-corrected chi connectivity index (χ1v) is 7.22. The first kappa shape index (κ1) is 17.0. The van der Waals surface area contributed by atoms with Crippen molar-refractivity contribution >= 4 is 17.7 Å². The predicted octanol–water partition coefficient (Wildman–Crippen LogP) is 1.85. The number of hydrogen-bond acceptors (Lipinski definition) is 5. The number of nitrogens with two attached hydrogens (primary N) is 2. The number of nitrogens with one attached hydrogen (secondary N) is 1. The molecule has 5 nitrogen and oxygen atoms in total. The van der Waals surface area contributed by atoms with Gasteiger partial charge < -0.3 is 16.3 Å². The zero-order valence-electron chi connectivity index (χ0n) is 12.0. The molecule has 112 valence electrons.